The first-order valence-corrected chi connectivity index (χ1v) is 6.78. The van der Waals surface area contributed by atoms with Gasteiger partial charge in [0.1, 0.15) is 0 Å². The minimum absolute atomic E-state index is 0.231. The maximum Gasteiger partial charge on any atom is 0.210 e. The third-order valence-corrected chi connectivity index (χ3v) is 3.69. The maximum absolute atomic E-state index is 11.0. The quantitative estimate of drug-likeness (QED) is 0.597. The number of carbonyl (C=O) groups is 1. The summed E-state index contributed by atoms with van der Waals surface area (Å²) < 4.78 is 0. The lowest BCUT2D eigenvalue weighted by Gasteiger charge is -2.32. The van der Waals surface area contributed by atoms with Crippen molar-refractivity contribution in [1.29, 1.82) is 0 Å². The lowest BCUT2D eigenvalue weighted by atomic mass is 9.97. The van der Waals surface area contributed by atoms with E-state index in [0.717, 1.165) is 36.4 Å². The number of aromatic nitrogens is 1. The molecule has 0 bridgehead atoms. The van der Waals surface area contributed by atoms with Crippen LogP contribution in [0.1, 0.15) is 30.9 Å². The summed E-state index contributed by atoms with van der Waals surface area (Å²) in [5, 5.41) is 1.03. The van der Waals surface area contributed by atoms with Gasteiger partial charge in [0.2, 0.25) is 6.41 Å². The number of thioether (sulfide) groups is 1. The highest BCUT2D eigenvalue weighted by molar-refractivity contribution is 7.98. The van der Waals surface area contributed by atoms with Crippen LogP contribution in [-0.4, -0.2) is 29.1 Å². The number of carbonyl (C=O) groups excluding carboxylic acids is 1. The van der Waals surface area contributed by atoms with Crippen molar-refractivity contribution >= 4 is 18.2 Å². The molecule has 86 valence electrons. The van der Waals surface area contributed by atoms with Crippen LogP contribution in [0.25, 0.3) is 0 Å². The van der Waals surface area contributed by atoms with Crippen LogP contribution < -0.4 is 0 Å². The van der Waals surface area contributed by atoms with Gasteiger partial charge in [0, 0.05) is 12.7 Å². The summed E-state index contributed by atoms with van der Waals surface area (Å²) in [6.45, 7) is 0.873. The fourth-order valence-electron chi connectivity index (χ4n) is 2.15. The molecule has 1 aromatic rings. The van der Waals surface area contributed by atoms with Crippen molar-refractivity contribution in [2.45, 2.75) is 30.3 Å². The fourth-order valence-corrected chi connectivity index (χ4v) is 2.51. The molecule has 1 atom stereocenters. The molecule has 0 unspecified atom stereocenters. The van der Waals surface area contributed by atoms with Gasteiger partial charge in [-0.1, -0.05) is 6.07 Å². The van der Waals surface area contributed by atoms with E-state index in [1.165, 1.54) is 6.42 Å². The second kappa shape index (κ2) is 5.34. The molecular weight excluding hydrogens is 220 g/mol. The Morgan fingerprint density at radius 3 is 3.00 bits per heavy atom. The molecule has 1 aliphatic rings. The lowest BCUT2D eigenvalue weighted by molar-refractivity contribution is -0.121. The van der Waals surface area contributed by atoms with E-state index in [4.69, 9.17) is 0 Å². The third kappa shape index (κ3) is 2.38. The van der Waals surface area contributed by atoms with Crippen molar-refractivity contribution in [3.05, 3.63) is 23.9 Å². The molecule has 0 saturated carbocycles. The first kappa shape index (κ1) is 11.5. The van der Waals surface area contributed by atoms with Crippen LogP contribution in [0.3, 0.4) is 0 Å². The van der Waals surface area contributed by atoms with Gasteiger partial charge in [0.15, 0.2) is 0 Å². The third-order valence-electron chi connectivity index (χ3n) is 3.03. The summed E-state index contributed by atoms with van der Waals surface area (Å²) in [5.74, 6) is 0. The van der Waals surface area contributed by atoms with Crippen molar-refractivity contribution in [2.75, 3.05) is 12.8 Å². The largest absolute Gasteiger partial charge is 0.338 e. The Morgan fingerprint density at radius 1 is 1.50 bits per heavy atom. The van der Waals surface area contributed by atoms with Crippen molar-refractivity contribution < 1.29 is 4.79 Å². The van der Waals surface area contributed by atoms with Crippen molar-refractivity contribution in [3.8, 4) is 0 Å². The average Bonchev–Trinajstić information content (AvgIpc) is 2.39. The standard InChI is InChI=1S/C12H16N2OS/c1-16-12-6-5-10(8-13-12)11-4-2-3-7-14(11)9-15/h5-6,8-9,11H,2-4,7H2,1H3/t11-/m1/s1. The van der Waals surface area contributed by atoms with Gasteiger partial charge in [-0.2, -0.15) is 0 Å². The minimum Gasteiger partial charge on any atom is -0.338 e. The minimum atomic E-state index is 0.231. The Morgan fingerprint density at radius 2 is 2.38 bits per heavy atom. The normalized spacial score (nSPS) is 20.8. The molecule has 0 N–H and O–H groups in total. The van der Waals surface area contributed by atoms with Gasteiger partial charge in [-0.15, -0.1) is 11.8 Å². The molecule has 4 heteroatoms. The molecule has 0 aromatic carbocycles. The number of hydrogen-bond acceptors (Lipinski definition) is 3. The predicted molar refractivity (Wildman–Crippen MR) is 65.4 cm³/mol. The highest BCUT2D eigenvalue weighted by atomic mass is 32.2. The second-order valence-electron chi connectivity index (χ2n) is 3.99. The predicted octanol–water partition coefficient (Wildman–Crippen LogP) is 2.49. The van der Waals surface area contributed by atoms with Gasteiger partial charge in [0.05, 0.1) is 11.1 Å². The van der Waals surface area contributed by atoms with Crippen LogP contribution in [-0.2, 0) is 4.79 Å². The molecule has 1 amide bonds. The summed E-state index contributed by atoms with van der Waals surface area (Å²) in [6.07, 6.45) is 8.24. The fraction of sp³-hybridized carbons (Fsp3) is 0.500. The van der Waals surface area contributed by atoms with Gasteiger partial charge in [-0.05, 0) is 37.1 Å². The first-order valence-electron chi connectivity index (χ1n) is 5.56. The summed E-state index contributed by atoms with van der Waals surface area (Å²) in [7, 11) is 0. The van der Waals surface area contributed by atoms with Gasteiger partial charge in [0.25, 0.3) is 0 Å². The van der Waals surface area contributed by atoms with E-state index in [1.807, 2.05) is 23.4 Å². The number of piperidine rings is 1. The SMILES string of the molecule is CSc1ccc([C@H]2CCCCN2C=O)cn1. The van der Waals surface area contributed by atoms with E-state index in [9.17, 15) is 4.79 Å². The topological polar surface area (TPSA) is 33.2 Å². The number of amides is 1. The summed E-state index contributed by atoms with van der Waals surface area (Å²) >= 11 is 1.64. The molecule has 16 heavy (non-hydrogen) atoms. The molecule has 0 aliphatic carbocycles. The number of likely N-dealkylation sites (tertiary alicyclic amines) is 1. The molecule has 1 saturated heterocycles. The smallest absolute Gasteiger partial charge is 0.210 e. The number of nitrogens with zero attached hydrogens (tertiary/aromatic N) is 2. The van der Waals surface area contributed by atoms with E-state index < -0.39 is 0 Å². The average molecular weight is 236 g/mol. The second-order valence-corrected chi connectivity index (χ2v) is 4.82. The zero-order valence-electron chi connectivity index (χ0n) is 9.43. The zero-order chi connectivity index (χ0) is 11.4. The summed E-state index contributed by atoms with van der Waals surface area (Å²) in [5.41, 5.74) is 1.16. The molecule has 1 aliphatic heterocycles. The van der Waals surface area contributed by atoms with Crippen LogP contribution in [0.5, 0.6) is 0 Å². The van der Waals surface area contributed by atoms with E-state index >= 15 is 0 Å². The van der Waals surface area contributed by atoms with Gasteiger partial charge in [-0.3, -0.25) is 4.79 Å². The van der Waals surface area contributed by atoms with Crippen LogP contribution in [0.2, 0.25) is 0 Å². The Balaban J connectivity index is 2.17. The summed E-state index contributed by atoms with van der Waals surface area (Å²) in [4.78, 5) is 17.2. The first-order chi connectivity index (χ1) is 7.85. The number of pyridine rings is 1. The van der Waals surface area contributed by atoms with E-state index in [-0.39, 0.29) is 6.04 Å². The zero-order valence-corrected chi connectivity index (χ0v) is 10.2. The van der Waals surface area contributed by atoms with E-state index in [0.29, 0.717) is 0 Å². The molecule has 3 nitrogen and oxygen atoms in total. The molecule has 1 aromatic heterocycles. The van der Waals surface area contributed by atoms with Crippen molar-refractivity contribution in [3.63, 3.8) is 0 Å². The molecule has 2 heterocycles. The van der Waals surface area contributed by atoms with Crippen LogP contribution >= 0.6 is 11.8 Å². The van der Waals surface area contributed by atoms with E-state index in [1.54, 1.807) is 11.8 Å². The highest BCUT2D eigenvalue weighted by Crippen LogP contribution is 2.29. The Kier molecular flexibility index (Phi) is 3.83. The lowest BCUT2D eigenvalue weighted by Crippen LogP contribution is -2.32. The molecule has 0 radical (unpaired) electrons. The molecule has 2 rings (SSSR count). The number of hydrogen-bond donors (Lipinski definition) is 0. The Bertz CT molecular complexity index is 353. The maximum atomic E-state index is 11.0. The molecule has 1 fully saturated rings. The van der Waals surface area contributed by atoms with Crippen molar-refractivity contribution in [1.82, 2.24) is 9.88 Å². The molecular formula is C12H16N2OS. The monoisotopic (exact) mass is 236 g/mol. The van der Waals surface area contributed by atoms with Crippen LogP contribution in [0, 0.1) is 0 Å². The summed E-state index contributed by atoms with van der Waals surface area (Å²) in [6, 6.07) is 4.35. The van der Waals surface area contributed by atoms with Gasteiger partial charge >= 0.3 is 0 Å². The Labute approximate surface area is 100 Å². The van der Waals surface area contributed by atoms with Crippen molar-refractivity contribution in [2.24, 2.45) is 0 Å². The van der Waals surface area contributed by atoms with Crippen LogP contribution in [0.4, 0.5) is 0 Å². The molecule has 0 spiro atoms. The van der Waals surface area contributed by atoms with E-state index in [2.05, 4.69) is 11.1 Å². The van der Waals surface area contributed by atoms with Crippen LogP contribution in [0.15, 0.2) is 23.4 Å². The highest BCUT2D eigenvalue weighted by Gasteiger charge is 2.22. The van der Waals surface area contributed by atoms with Gasteiger partial charge in [-0.25, -0.2) is 4.98 Å². The Hall–Kier alpha value is -1.03. The number of rotatable bonds is 3. The van der Waals surface area contributed by atoms with Gasteiger partial charge < -0.3 is 4.90 Å².